The Hall–Kier alpha value is -1.54. The second-order valence-corrected chi connectivity index (χ2v) is 5.64. The van der Waals surface area contributed by atoms with E-state index in [1.165, 1.54) is 24.8 Å². The number of hydrogen-bond donors (Lipinski definition) is 1. The summed E-state index contributed by atoms with van der Waals surface area (Å²) in [5.74, 6) is 2.63. The molecule has 1 unspecified atom stereocenters. The Balaban J connectivity index is 1.83. The molecule has 100 valence electrons. The van der Waals surface area contributed by atoms with Gasteiger partial charge in [0, 0.05) is 5.56 Å². The first-order chi connectivity index (χ1) is 9.15. The van der Waals surface area contributed by atoms with Gasteiger partial charge in [-0.15, -0.1) is 0 Å². The monoisotopic (exact) mass is 255 g/mol. The second-order valence-electron chi connectivity index (χ2n) is 5.64. The Morgan fingerprint density at radius 3 is 2.32 bits per heavy atom. The molecule has 1 atom stereocenters. The van der Waals surface area contributed by atoms with E-state index in [1.807, 2.05) is 19.9 Å². The van der Waals surface area contributed by atoms with Gasteiger partial charge in [-0.25, -0.2) is 0 Å². The van der Waals surface area contributed by atoms with Crippen LogP contribution >= 0.6 is 0 Å². The minimum absolute atomic E-state index is 0.0899. The van der Waals surface area contributed by atoms with E-state index in [2.05, 4.69) is 24.3 Å². The van der Waals surface area contributed by atoms with Crippen molar-refractivity contribution in [2.24, 2.45) is 5.73 Å². The van der Waals surface area contributed by atoms with Gasteiger partial charge in [0.2, 0.25) is 0 Å². The van der Waals surface area contributed by atoms with Gasteiger partial charge < -0.3 is 10.2 Å². The highest BCUT2D eigenvalue weighted by Gasteiger charge is 2.20. The molecule has 1 aromatic carbocycles. The van der Waals surface area contributed by atoms with Crippen LogP contribution in [0.2, 0.25) is 0 Å². The Morgan fingerprint density at radius 1 is 1.16 bits per heavy atom. The van der Waals surface area contributed by atoms with E-state index in [-0.39, 0.29) is 6.04 Å². The van der Waals surface area contributed by atoms with Crippen LogP contribution in [0.3, 0.4) is 0 Å². The molecule has 1 aromatic heterocycles. The fraction of sp³-hybridized carbons (Fsp3) is 0.412. The van der Waals surface area contributed by atoms with Gasteiger partial charge in [-0.05, 0) is 49.8 Å². The maximum atomic E-state index is 6.34. The maximum Gasteiger partial charge on any atom is 0.106 e. The molecule has 0 aliphatic heterocycles. The van der Waals surface area contributed by atoms with Crippen molar-refractivity contribution in [2.75, 3.05) is 0 Å². The summed E-state index contributed by atoms with van der Waals surface area (Å²) in [5, 5.41) is 0. The quantitative estimate of drug-likeness (QED) is 0.892. The van der Waals surface area contributed by atoms with E-state index < -0.39 is 0 Å². The molecule has 1 aliphatic carbocycles. The predicted molar refractivity (Wildman–Crippen MR) is 77.2 cm³/mol. The number of rotatable bonds is 3. The van der Waals surface area contributed by atoms with E-state index in [4.69, 9.17) is 10.2 Å². The standard InChI is InChI=1S/C17H21NO/c1-11-10-16(12(2)19-11)17(18)15-8-6-14(7-9-15)13-4-3-5-13/h6-10,13,17H,3-5,18H2,1-2H3. The Bertz CT molecular complexity index is 563. The molecule has 3 rings (SSSR count). The number of furan rings is 1. The fourth-order valence-corrected chi connectivity index (χ4v) is 2.86. The predicted octanol–water partition coefficient (Wildman–Crippen LogP) is 4.21. The summed E-state index contributed by atoms with van der Waals surface area (Å²) >= 11 is 0. The fourth-order valence-electron chi connectivity index (χ4n) is 2.86. The van der Waals surface area contributed by atoms with Gasteiger partial charge in [-0.3, -0.25) is 0 Å². The molecule has 1 saturated carbocycles. The second kappa shape index (κ2) is 4.86. The van der Waals surface area contributed by atoms with Crippen LogP contribution in [0.4, 0.5) is 0 Å². The van der Waals surface area contributed by atoms with Crippen LogP contribution in [0.5, 0.6) is 0 Å². The highest BCUT2D eigenvalue weighted by Crippen LogP contribution is 2.36. The zero-order chi connectivity index (χ0) is 13.4. The van der Waals surface area contributed by atoms with Gasteiger partial charge >= 0.3 is 0 Å². The minimum atomic E-state index is -0.0899. The van der Waals surface area contributed by atoms with Crippen LogP contribution in [0.1, 0.15) is 59.4 Å². The lowest BCUT2D eigenvalue weighted by Crippen LogP contribution is -2.13. The van der Waals surface area contributed by atoms with Crippen molar-refractivity contribution in [3.8, 4) is 0 Å². The van der Waals surface area contributed by atoms with Gasteiger partial charge in [0.05, 0.1) is 6.04 Å². The van der Waals surface area contributed by atoms with Gasteiger partial charge in [0.15, 0.2) is 0 Å². The molecule has 19 heavy (non-hydrogen) atoms. The van der Waals surface area contributed by atoms with Crippen LogP contribution in [-0.4, -0.2) is 0 Å². The van der Waals surface area contributed by atoms with Crippen LogP contribution in [0.25, 0.3) is 0 Å². The third kappa shape index (κ3) is 2.33. The highest BCUT2D eigenvalue weighted by molar-refractivity contribution is 5.36. The lowest BCUT2D eigenvalue weighted by atomic mass is 9.79. The van der Waals surface area contributed by atoms with Crippen LogP contribution in [0.15, 0.2) is 34.7 Å². The lowest BCUT2D eigenvalue weighted by molar-refractivity contribution is 0.419. The van der Waals surface area contributed by atoms with E-state index >= 15 is 0 Å². The zero-order valence-electron chi connectivity index (χ0n) is 11.6. The third-order valence-corrected chi connectivity index (χ3v) is 4.29. The van der Waals surface area contributed by atoms with Gasteiger partial charge in [-0.1, -0.05) is 30.7 Å². The number of nitrogens with two attached hydrogens (primary N) is 1. The summed E-state index contributed by atoms with van der Waals surface area (Å²) in [4.78, 5) is 0. The summed E-state index contributed by atoms with van der Waals surface area (Å²) in [6.07, 6.45) is 4.05. The van der Waals surface area contributed by atoms with Crippen LogP contribution in [-0.2, 0) is 0 Å². The van der Waals surface area contributed by atoms with Gasteiger partial charge in [0.25, 0.3) is 0 Å². The van der Waals surface area contributed by atoms with Crippen molar-refractivity contribution in [1.29, 1.82) is 0 Å². The van der Waals surface area contributed by atoms with E-state index in [1.54, 1.807) is 0 Å². The Kier molecular flexibility index (Phi) is 3.19. The molecular weight excluding hydrogens is 234 g/mol. The highest BCUT2D eigenvalue weighted by atomic mass is 16.3. The van der Waals surface area contributed by atoms with E-state index in [0.29, 0.717) is 0 Å². The first-order valence-corrected chi connectivity index (χ1v) is 7.07. The van der Waals surface area contributed by atoms with Crippen LogP contribution < -0.4 is 5.73 Å². The normalized spacial score (nSPS) is 17.2. The molecule has 2 heteroatoms. The van der Waals surface area contributed by atoms with Crippen molar-refractivity contribution in [3.63, 3.8) is 0 Å². The van der Waals surface area contributed by atoms with E-state index in [9.17, 15) is 0 Å². The Morgan fingerprint density at radius 2 is 1.84 bits per heavy atom. The molecule has 2 N–H and O–H groups in total. The summed E-state index contributed by atoms with van der Waals surface area (Å²) < 4.78 is 5.57. The van der Waals surface area contributed by atoms with Crippen molar-refractivity contribution in [2.45, 2.75) is 45.1 Å². The molecule has 0 amide bonds. The van der Waals surface area contributed by atoms with Crippen LogP contribution in [0, 0.1) is 13.8 Å². The van der Waals surface area contributed by atoms with Crippen molar-refractivity contribution >= 4 is 0 Å². The molecule has 0 spiro atoms. The van der Waals surface area contributed by atoms with Crippen molar-refractivity contribution in [3.05, 3.63) is 58.5 Å². The number of hydrogen-bond acceptors (Lipinski definition) is 2. The average Bonchev–Trinajstić information content (AvgIpc) is 2.66. The molecule has 2 nitrogen and oxygen atoms in total. The van der Waals surface area contributed by atoms with Crippen molar-refractivity contribution in [1.82, 2.24) is 0 Å². The molecule has 1 heterocycles. The van der Waals surface area contributed by atoms with E-state index in [0.717, 1.165) is 28.6 Å². The van der Waals surface area contributed by atoms with Gasteiger partial charge in [-0.2, -0.15) is 0 Å². The van der Waals surface area contributed by atoms with Crippen molar-refractivity contribution < 1.29 is 4.42 Å². The first-order valence-electron chi connectivity index (χ1n) is 7.07. The topological polar surface area (TPSA) is 39.2 Å². The number of aryl methyl sites for hydroxylation is 2. The largest absolute Gasteiger partial charge is 0.466 e. The molecule has 2 aromatic rings. The molecule has 0 saturated heterocycles. The zero-order valence-corrected chi connectivity index (χ0v) is 11.6. The lowest BCUT2D eigenvalue weighted by Gasteiger charge is -2.26. The molecular formula is C17H21NO. The Labute approximate surface area is 114 Å². The summed E-state index contributed by atoms with van der Waals surface area (Å²) in [5.41, 5.74) is 10.1. The van der Waals surface area contributed by atoms with Gasteiger partial charge in [0.1, 0.15) is 11.5 Å². The first kappa shape index (κ1) is 12.5. The summed E-state index contributed by atoms with van der Waals surface area (Å²) in [6.45, 7) is 3.94. The molecule has 0 radical (unpaired) electrons. The third-order valence-electron chi connectivity index (χ3n) is 4.29. The SMILES string of the molecule is Cc1cc(C(N)c2ccc(C3CCC3)cc2)c(C)o1. The molecule has 1 fully saturated rings. The summed E-state index contributed by atoms with van der Waals surface area (Å²) in [6, 6.07) is 10.8. The number of benzene rings is 1. The average molecular weight is 255 g/mol. The minimum Gasteiger partial charge on any atom is -0.466 e. The summed E-state index contributed by atoms with van der Waals surface area (Å²) in [7, 11) is 0. The maximum absolute atomic E-state index is 6.34. The smallest absolute Gasteiger partial charge is 0.106 e. The molecule has 1 aliphatic rings. The molecule has 0 bridgehead atoms.